The van der Waals surface area contributed by atoms with Gasteiger partial charge in [0.15, 0.2) is 5.78 Å². The topological polar surface area (TPSA) is 17.1 Å². The molecule has 0 aliphatic heterocycles. The summed E-state index contributed by atoms with van der Waals surface area (Å²) in [6.07, 6.45) is 4.12. The van der Waals surface area contributed by atoms with Crippen LogP contribution in [0, 0.1) is 11.2 Å². The summed E-state index contributed by atoms with van der Waals surface area (Å²) in [5, 5.41) is 0. The maximum Gasteiger partial charge on any atom is 0.168 e. The lowest BCUT2D eigenvalue weighted by molar-refractivity contribution is 0.0823. The van der Waals surface area contributed by atoms with Gasteiger partial charge in [0.05, 0.1) is 4.47 Å². The number of halogens is 2. The monoisotopic (exact) mass is 284 g/mol. The van der Waals surface area contributed by atoms with Crippen molar-refractivity contribution in [3.8, 4) is 0 Å². The van der Waals surface area contributed by atoms with Crippen molar-refractivity contribution in [2.45, 2.75) is 32.6 Å². The smallest absolute Gasteiger partial charge is 0.168 e. The average molecular weight is 285 g/mol. The molecule has 2 rings (SSSR count). The van der Waals surface area contributed by atoms with Gasteiger partial charge >= 0.3 is 0 Å². The van der Waals surface area contributed by atoms with Crippen LogP contribution in [-0.2, 0) is 0 Å². The molecular formula is C13H14BrFO. The Labute approximate surface area is 103 Å². The minimum Gasteiger partial charge on any atom is -0.294 e. The van der Waals surface area contributed by atoms with Crippen molar-refractivity contribution < 1.29 is 9.18 Å². The van der Waals surface area contributed by atoms with Gasteiger partial charge in [-0.25, -0.2) is 4.39 Å². The Balaban J connectivity index is 2.30. The molecule has 0 spiro atoms. The van der Waals surface area contributed by atoms with Crippen LogP contribution in [0.1, 0.15) is 43.0 Å². The van der Waals surface area contributed by atoms with Crippen LogP contribution in [0.2, 0.25) is 0 Å². The lowest BCUT2D eigenvalue weighted by atomic mass is 9.81. The van der Waals surface area contributed by atoms with E-state index in [0.29, 0.717) is 10.0 Å². The number of hydrogen-bond acceptors (Lipinski definition) is 1. The lowest BCUT2D eigenvalue weighted by Crippen LogP contribution is -2.24. The Morgan fingerprint density at radius 2 is 2.00 bits per heavy atom. The number of rotatable bonds is 2. The predicted molar refractivity (Wildman–Crippen MR) is 65.0 cm³/mol. The van der Waals surface area contributed by atoms with Gasteiger partial charge in [-0.2, -0.15) is 0 Å². The summed E-state index contributed by atoms with van der Waals surface area (Å²) in [5.74, 6) is -0.182. The highest BCUT2D eigenvalue weighted by atomic mass is 79.9. The summed E-state index contributed by atoms with van der Waals surface area (Å²) in [7, 11) is 0. The lowest BCUT2D eigenvalue weighted by Gasteiger charge is -2.21. The summed E-state index contributed by atoms with van der Waals surface area (Å²) in [5.41, 5.74) is 0.370. The van der Waals surface area contributed by atoms with E-state index in [1.807, 2.05) is 6.92 Å². The van der Waals surface area contributed by atoms with E-state index in [2.05, 4.69) is 15.9 Å². The molecule has 1 aliphatic carbocycles. The number of hydrogen-bond donors (Lipinski definition) is 0. The summed E-state index contributed by atoms with van der Waals surface area (Å²) in [4.78, 5) is 12.3. The minimum atomic E-state index is -0.326. The summed E-state index contributed by atoms with van der Waals surface area (Å²) >= 11 is 3.11. The van der Waals surface area contributed by atoms with E-state index in [1.54, 1.807) is 12.1 Å². The van der Waals surface area contributed by atoms with E-state index in [9.17, 15) is 9.18 Å². The van der Waals surface area contributed by atoms with Crippen LogP contribution >= 0.6 is 15.9 Å². The quantitative estimate of drug-likeness (QED) is 0.738. The third-order valence-corrected chi connectivity index (χ3v) is 4.04. The van der Waals surface area contributed by atoms with E-state index in [4.69, 9.17) is 0 Å². The van der Waals surface area contributed by atoms with Crippen molar-refractivity contribution in [3.63, 3.8) is 0 Å². The highest BCUT2D eigenvalue weighted by Crippen LogP contribution is 2.40. The molecule has 0 amide bonds. The third kappa shape index (κ3) is 2.05. The Bertz CT molecular complexity index is 422. The molecule has 0 N–H and O–H groups in total. The zero-order chi connectivity index (χ0) is 11.8. The fourth-order valence-electron chi connectivity index (χ4n) is 2.37. The van der Waals surface area contributed by atoms with Gasteiger partial charge in [0.25, 0.3) is 0 Å². The van der Waals surface area contributed by atoms with E-state index in [-0.39, 0.29) is 17.0 Å². The van der Waals surface area contributed by atoms with Crippen molar-refractivity contribution in [1.82, 2.24) is 0 Å². The molecule has 0 aromatic heterocycles. The molecule has 1 aromatic carbocycles. The molecule has 1 fully saturated rings. The fraction of sp³-hybridized carbons (Fsp3) is 0.462. The molecule has 1 saturated carbocycles. The molecular weight excluding hydrogens is 271 g/mol. The normalized spacial score (nSPS) is 18.7. The Morgan fingerprint density at radius 1 is 1.38 bits per heavy atom. The third-order valence-electron chi connectivity index (χ3n) is 3.44. The summed E-state index contributed by atoms with van der Waals surface area (Å²) in [6, 6.07) is 4.50. The highest BCUT2D eigenvalue weighted by molar-refractivity contribution is 9.10. The number of carbonyl (C=O) groups is 1. The molecule has 0 bridgehead atoms. The summed E-state index contributed by atoms with van der Waals surface area (Å²) in [6.45, 7) is 2.01. The van der Waals surface area contributed by atoms with Crippen molar-refractivity contribution in [2.24, 2.45) is 5.41 Å². The predicted octanol–water partition coefficient (Wildman–Crippen LogP) is 4.35. The van der Waals surface area contributed by atoms with E-state index >= 15 is 0 Å². The Kier molecular flexibility index (Phi) is 3.15. The maximum absolute atomic E-state index is 13.1. The molecule has 1 aliphatic rings. The van der Waals surface area contributed by atoms with Gasteiger partial charge < -0.3 is 0 Å². The van der Waals surface area contributed by atoms with Gasteiger partial charge in [0.2, 0.25) is 0 Å². The number of ketones is 1. The van der Waals surface area contributed by atoms with Gasteiger partial charge in [0, 0.05) is 11.0 Å². The molecule has 1 nitrogen and oxygen atoms in total. The first-order valence-corrected chi connectivity index (χ1v) is 6.32. The van der Waals surface area contributed by atoms with E-state index < -0.39 is 0 Å². The standard InChI is InChI=1S/C13H14BrFO/c1-13(6-2-3-7-13)12(16)9-4-5-11(15)10(14)8-9/h4-5,8H,2-3,6-7H2,1H3. The first-order valence-electron chi connectivity index (χ1n) is 5.53. The van der Waals surface area contributed by atoms with Crippen molar-refractivity contribution >= 4 is 21.7 Å². The van der Waals surface area contributed by atoms with Crippen molar-refractivity contribution in [3.05, 3.63) is 34.1 Å². The fourth-order valence-corrected chi connectivity index (χ4v) is 2.75. The van der Waals surface area contributed by atoms with Gasteiger partial charge in [-0.3, -0.25) is 4.79 Å². The number of benzene rings is 1. The van der Waals surface area contributed by atoms with Crippen LogP contribution in [0.3, 0.4) is 0 Å². The van der Waals surface area contributed by atoms with Gasteiger partial charge in [-0.05, 0) is 47.0 Å². The molecule has 16 heavy (non-hydrogen) atoms. The molecule has 0 atom stereocenters. The van der Waals surface area contributed by atoms with Crippen LogP contribution in [0.15, 0.2) is 22.7 Å². The first-order chi connectivity index (χ1) is 7.53. The second-order valence-corrected chi connectivity index (χ2v) is 5.58. The van der Waals surface area contributed by atoms with Gasteiger partial charge in [0.1, 0.15) is 5.82 Å². The highest BCUT2D eigenvalue weighted by Gasteiger charge is 2.36. The molecule has 0 unspecified atom stereocenters. The zero-order valence-corrected chi connectivity index (χ0v) is 10.8. The van der Waals surface area contributed by atoms with Crippen LogP contribution in [-0.4, -0.2) is 5.78 Å². The second-order valence-electron chi connectivity index (χ2n) is 4.73. The minimum absolute atomic E-state index is 0.144. The van der Waals surface area contributed by atoms with E-state index in [0.717, 1.165) is 25.7 Å². The van der Waals surface area contributed by atoms with Crippen molar-refractivity contribution in [1.29, 1.82) is 0 Å². The first kappa shape index (κ1) is 11.8. The SMILES string of the molecule is CC1(C(=O)c2ccc(F)c(Br)c2)CCCC1. The van der Waals surface area contributed by atoms with Crippen LogP contribution in [0.5, 0.6) is 0 Å². The van der Waals surface area contributed by atoms with Gasteiger partial charge in [-0.15, -0.1) is 0 Å². The van der Waals surface area contributed by atoms with Crippen LogP contribution < -0.4 is 0 Å². The molecule has 0 radical (unpaired) electrons. The summed E-state index contributed by atoms with van der Waals surface area (Å²) < 4.78 is 13.4. The maximum atomic E-state index is 13.1. The molecule has 1 aromatic rings. The number of Topliss-reactive ketones (excluding diaryl/α,β-unsaturated/α-hetero) is 1. The van der Waals surface area contributed by atoms with Crippen molar-refractivity contribution in [2.75, 3.05) is 0 Å². The average Bonchev–Trinajstić information content (AvgIpc) is 2.70. The Morgan fingerprint density at radius 3 is 2.56 bits per heavy atom. The molecule has 86 valence electrons. The molecule has 0 heterocycles. The largest absolute Gasteiger partial charge is 0.294 e. The van der Waals surface area contributed by atoms with Crippen LogP contribution in [0.25, 0.3) is 0 Å². The molecule has 3 heteroatoms. The number of carbonyl (C=O) groups excluding carboxylic acids is 1. The van der Waals surface area contributed by atoms with Gasteiger partial charge in [-0.1, -0.05) is 19.8 Å². The zero-order valence-electron chi connectivity index (χ0n) is 9.22. The molecule has 0 saturated heterocycles. The van der Waals surface area contributed by atoms with E-state index in [1.165, 1.54) is 6.07 Å². The van der Waals surface area contributed by atoms with Crippen LogP contribution in [0.4, 0.5) is 4.39 Å². The Hall–Kier alpha value is -0.700. The second kappa shape index (κ2) is 4.28.